The van der Waals surface area contributed by atoms with E-state index in [0.717, 1.165) is 24.8 Å². The van der Waals surface area contributed by atoms with Gasteiger partial charge in [0.15, 0.2) is 6.10 Å². The third kappa shape index (κ3) is 9.90. The molecule has 2 aromatic rings. The maximum atomic E-state index is 12.0. The zero-order valence-corrected chi connectivity index (χ0v) is 21.3. The smallest absolute Gasteiger partial charge is 0.336 e. The topological polar surface area (TPSA) is 72.8 Å². The molecular weight excluding hydrogens is 456 g/mol. The van der Waals surface area contributed by atoms with Crippen molar-refractivity contribution >= 4 is 35.0 Å². The molecule has 0 aliphatic rings. The number of thioether (sulfide) groups is 1. The van der Waals surface area contributed by atoms with Crippen molar-refractivity contribution in [3.8, 4) is 0 Å². The van der Waals surface area contributed by atoms with E-state index in [1.54, 1.807) is 11.3 Å². The zero-order valence-electron chi connectivity index (χ0n) is 19.7. The molecule has 2 unspecified atom stereocenters. The predicted molar refractivity (Wildman–Crippen MR) is 136 cm³/mol. The Morgan fingerprint density at radius 3 is 2.27 bits per heavy atom. The lowest BCUT2D eigenvalue weighted by Crippen LogP contribution is -2.28. The first kappa shape index (κ1) is 27.4. The number of rotatable bonds is 16. The highest BCUT2D eigenvalue weighted by Crippen LogP contribution is 2.38. The fourth-order valence-corrected chi connectivity index (χ4v) is 6.02. The predicted octanol–water partition coefficient (Wildman–Crippen LogP) is 5.75. The van der Waals surface area contributed by atoms with Gasteiger partial charge in [-0.25, -0.2) is 4.79 Å². The summed E-state index contributed by atoms with van der Waals surface area (Å²) in [5.74, 6) is -0.495. The first-order valence-electron chi connectivity index (χ1n) is 11.6. The normalized spacial score (nSPS) is 12.8. The number of benzene rings is 1. The van der Waals surface area contributed by atoms with E-state index < -0.39 is 17.3 Å². The largest absolute Gasteiger partial charge is 0.469 e. The Morgan fingerprint density at radius 1 is 0.939 bits per heavy atom. The van der Waals surface area contributed by atoms with Crippen LogP contribution in [-0.2, 0) is 31.9 Å². The number of aryl methyl sites for hydroxylation is 2. The highest BCUT2D eigenvalue weighted by atomic mass is 32.2. The Balaban J connectivity index is 1.78. The Labute approximate surface area is 205 Å². The van der Waals surface area contributed by atoms with E-state index in [1.807, 2.05) is 11.4 Å². The van der Waals surface area contributed by atoms with E-state index in [-0.39, 0.29) is 12.4 Å². The van der Waals surface area contributed by atoms with Crippen molar-refractivity contribution in [3.63, 3.8) is 0 Å². The number of ether oxygens (including phenoxy) is 2. The zero-order chi connectivity index (χ0) is 23.9. The van der Waals surface area contributed by atoms with E-state index in [9.17, 15) is 14.7 Å². The van der Waals surface area contributed by atoms with Gasteiger partial charge >= 0.3 is 11.9 Å². The number of aliphatic hydroxyl groups excluding tert-OH is 1. The van der Waals surface area contributed by atoms with Crippen LogP contribution in [0.4, 0.5) is 0 Å². The molecule has 1 N–H and O–H groups in total. The molecule has 0 amide bonds. The van der Waals surface area contributed by atoms with E-state index in [0.29, 0.717) is 5.75 Å². The van der Waals surface area contributed by atoms with Crippen LogP contribution in [0.1, 0.15) is 66.2 Å². The second kappa shape index (κ2) is 15.9. The molecule has 0 aliphatic heterocycles. The third-order valence-corrected chi connectivity index (χ3v) is 7.92. The summed E-state index contributed by atoms with van der Waals surface area (Å²) in [6.45, 7) is 0. The van der Waals surface area contributed by atoms with Crippen molar-refractivity contribution in [2.24, 2.45) is 0 Å². The van der Waals surface area contributed by atoms with Crippen molar-refractivity contribution in [1.29, 1.82) is 0 Å². The van der Waals surface area contributed by atoms with Gasteiger partial charge in [0.1, 0.15) is 0 Å². The Hall–Kier alpha value is -1.83. The van der Waals surface area contributed by atoms with Crippen molar-refractivity contribution in [1.82, 2.24) is 0 Å². The Morgan fingerprint density at radius 2 is 1.61 bits per heavy atom. The number of hydrogen-bond donors (Lipinski definition) is 1. The van der Waals surface area contributed by atoms with Crippen LogP contribution in [0.25, 0.3) is 0 Å². The molecule has 1 heterocycles. The molecule has 0 saturated carbocycles. The highest BCUT2D eigenvalue weighted by Gasteiger charge is 2.31. The first-order valence-corrected chi connectivity index (χ1v) is 13.5. The molecule has 0 aliphatic carbocycles. The summed E-state index contributed by atoms with van der Waals surface area (Å²) in [5.41, 5.74) is 2.38. The number of hydrogen-bond acceptors (Lipinski definition) is 7. The van der Waals surface area contributed by atoms with Gasteiger partial charge < -0.3 is 14.6 Å². The lowest BCUT2D eigenvalue weighted by atomic mass is 10.0. The van der Waals surface area contributed by atoms with Gasteiger partial charge in [-0.05, 0) is 48.3 Å². The summed E-state index contributed by atoms with van der Waals surface area (Å²) in [6, 6.07) is 12.6. The van der Waals surface area contributed by atoms with Crippen molar-refractivity contribution < 1.29 is 24.2 Å². The van der Waals surface area contributed by atoms with Crippen LogP contribution in [0, 0.1) is 0 Å². The van der Waals surface area contributed by atoms with Crippen LogP contribution < -0.4 is 0 Å². The molecule has 0 radical (unpaired) electrons. The van der Waals surface area contributed by atoms with Gasteiger partial charge in [-0.15, -0.1) is 23.1 Å². The fraction of sp³-hybridized carbons (Fsp3) is 0.538. The fourth-order valence-electron chi connectivity index (χ4n) is 3.74. The SMILES string of the molecule is COC(=O)CCSC(c1ccsc1CCCCCCCCc1ccccc1)C(O)C(=O)OC. The number of carbonyl (C=O) groups excluding carboxylic acids is 2. The molecule has 2 atom stereocenters. The molecule has 182 valence electrons. The first-order chi connectivity index (χ1) is 16.1. The second-order valence-corrected chi connectivity index (χ2v) is 10.2. The molecule has 1 aromatic carbocycles. The number of esters is 2. The van der Waals surface area contributed by atoms with Gasteiger partial charge in [0.2, 0.25) is 0 Å². The average molecular weight is 493 g/mol. The number of carbonyl (C=O) groups is 2. The van der Waals surface area contributed by atoms with Gasteiger partial charge in [-0.3, -0.25) is 4.79 Å². The minimum absolute atomic E-state index is 0.231. The van der Waals surface area contributed by atoms with Gasteiger partial charge in [-0.2, -0.15) is 0 Å². The van der Waals surface area contributed by atoms with Crippen LogP contribution in [0.2, 0.25) is 0 Å². The third-order valence-electron chi connectivity index (χ3n) is 5.61. The maximum Gasteiger partial charge on any atom is 0.336 e. The molecule has 2 rings (SSSR count). The van der Waals surface area contributed by atoms with E-state index in [1.165, 1.54) is 68.5 Å². The lowest BCUT2D eigenvalue weighted by molar-refractivity contribution is -0.150. The molecule has 0 bridgehead atoms. The highest BCUT2D eigenvalue weighted by molar-refractivity contribution is 7.99. The Kier molecular flexibility index (Phi) is 13.2. The van der Waals surface area contributed by atoms with Crippen molar-refractivity contribution in [3.05, 3.63) is 57.8 Å². The van der Waals surface area contributed by atoms with Crippen LogP contribution in [0.3, 0.4) is 0 Å². The van der Waals surface area contributed by atoms with Crippen LogP contribution >= 0.6 is 23.1 Å². The van der Waals surface area contributed by atoms with Crippen molar-refractivity contribution in [2.45, 2.75) is 69.1 Å². The van der Waals surface area contributed by atoms with E-state index >= 15 is 0 Å². The van der Waals surface area contributed by atoms with E-state index in [2.05, 4.69) is 30.3 Å². The van der Waals surface area contributed by atoms with Crippen molar-refractivity contribution in [2.75, 3.05) is 20.0 Å². The molecule has 1 aromatic heterocycles. The average Bonchev–Trinajstić information content (AvgIpc) is 3.31. The molecule has 5 nitrogen and oxygen atoms in total. The van der Waals surface area contributed by atoms with E-state index in [4.69, 9.17) is 9.47 Å². The summed E-state index contributed by atoms with van der Waals surface area (Å²) in [6.07, 6.45) is 8.25. The van der Waals surface area contributed by atoms with Crippen LogP contribution in [-0.4, -0.2) is 43.1 Å². The van der Waals surface area contributed by atoms with Gasteiger partial charge in [0.25, 0.3) is 0 Å². The quantitative estimate of drug-likeness (QED) is 0.238. The summed E-state index contributed by atoms with van der Waals surface area (Å²) in [7, 11) is 2.63. The minimum atomic E-state index is -1.27. The lowest BCUT2D eigenvalue weighted by Gasteiger charge is -2.21. The minimum Gasteiger partial charge on any atom is -0.469 e. The molecule has 0 spiro atoms. The van der Waals surface area contributed by atoms with Crippen LogP contribution in [0.5, 0.6) is 0 Å². The molecule has 0 saturated heterocycles. The second-order valence-electron chi connectivity index (χ2n) is 7.99. The van der Waals surface area contributed by atoms with Gasteiger partial charge in [0, 0.05) is 10.6 Å². The number of methoxy groups -OCH3 is 2. The molecule has 33 heavy (non-hydrogen) atoms. The number of aliphatic hydroxyl groups is 1. The standard InChI is InChI=1S/C26H36O5S2/c1-30-23(27)17-19-33-25(24(28)26(29)31-2)21-16-18-32-22(21)15-11-6-4-3-5-8-12-20-13-9-7-10-14-20/h7,9-10,13-14,16,18,24-25,28H,3-6,8,11-12,15,17,19H2,1-2H3. The van der Waals surface area contributed by atoms with Gasteiger partial charge in [0.05, 0.1) is 25.9 Å². The summed E-state index contributed by atoms with van der Waals surface area (Å²) >= 11 is 3.06. The van der Waals surface area contributed by atoms with Crippen LogP contribution in [0.15, 0.2) is 41.8 Å². The summed E-state index contributed by atoms with van der Waals surface area (Å²) < 4.78 is 9.46. The summed E-state index contributed by atoms with van der Waals surface area (Å²) in [5, 5.41) is 12.1. The molecule has 7 heteroatoms. The molecule has 0 fully saturated rings. The monoisotopic (exact) mass is 492 g/mol. The number of thiophene rings is 1. The summed E-state index contributed by atoms with van der Waals surface area (Å²) in [4.78, 5) is 24.7. The molecular formula is C26H36O5S2. The maximum absolute atomic E-state index is 12.0. The van der Waals surface area contributed by atoms with Gasteiger partial charge in [-0.1, -0.05) is 56.0 Å². The Bertz CT molecular complexity index is 821. The number of unbranched alkanes of at least 4 members (excludes halogenated alkanes) is 5.